The first-order valence-electron chi connectivity index (χ1n) is 25.8. The molecule has 0 amide bonds. The van der Waals surface area contributed by atoms with Crippen LogP contribution in [0.2, 0.25) is 0 Å². The lowest BCUT2D eigenvalue weighted by Crippen LogP contribution is -2.28. The molecule has 0 bridgehead atoms. The van der Waals surface area contributed by atoms with E-state index in [4.69, 9.17) is 0 Å². The summed E-state index contributed by atoms with van der Waals surface area (Å²) in [5.41, 5.74) is 23.6. The highest BCUT2D eigenvalue weighted by molar-refractivity contribution is 6.12. The number of fused-ring (bicyclic) bond motifs is 15. The SMILES string of the molecule is c1ccc(N(c2ccc3c(c2)-c2ccccc2C3(c2ccccc2)c2ccccc2)c2ccc3c(c2)-c2ccccc2C32c3ccccc3-c3c2cc(N(c2ccccc2)c2ccccc2)c2ccccc32)cc1. The van der Waals surface area contributed by atoms with Crippen LogP contribution in [-0.2, 0) is 10.8 Å². The Labute approximate surface area is 432 Å². The van der Waals surface area contributed by atoms with Gasteiger partial charge in [0.2, 0.25) is 0 Å². The maximum atomic E-state index is 2.53. The fourth-order valence-electron chi connectivity index (χ4n) is 13.5. The van der Waals surface area contributed by atoms with Gasteiger partial charge in [-0.3, -0.25) is 0 Å². The Morgan fingerprint density at radius 1 is 0.216 bits per heavy atom. The third-order valence-electron chi connectivity index (χ3n) is 16.3. The Balaban J connectivity index is 0.964. The Bertz CT molecular complexity index is 4050. The summed E-state index contributed by atoms with van der Waals surface area (Å²) >= 11 is 0. The molecule has 1 atom stereocenters. The molecule has 0 aromatic heterocycles. The van der Waals surface area contributed by atoms with Crippen LogP contribution in [0.15, 0.2) is 291 Å². The van der Waals surface area contributed by atoms with Crippen LogP contribution >= 0.6 is 0 Å². The number of hydrogen-bond acceptors (Lipinski definition) is 2. The summed E-state index contributed by atoms with van der Waals surface area (Å²) in [4.78, 5) is 4.90. The van der Waals surface area contributed by atoms with E-state index in [9.17, 15) is 0 Å². The van der Waals surface area contributed by atoms with Gasteiger partial charge in [0.15, 0.2) is 0 Å². The van der Waals surface area contributed by atoms with Gasteiger partial charge in [0.05, 0.1) is 16.5 Å². The Hall–Kier alpha value is -9.50. The first-order chi connectivity index (χ1) is 36.7. The van der Waals surface area contributed by atoms with Gasteiger partial charge < -0.3 is 9.80 Å². The van der Waals surface area contributed by atoms with Gasteiger partial charge in [-0.1, -0.05) is 224 Å². The molecule has 346 valence electrons. The molecule has 12 aromatic carbocycles. The topological polar surface area (TPSA) is 6.48 Å². The van der Waals surface area contributed by atoms with Gasteiger partial charge >= 0.3 is 0 Å². The van der Waals surface area contributed by atoms with Crippen molar-refractivity contribution in [1.29, 1.82) is 0 Å². The van der Waals surface area contributed by atoms with Gasteiger partial charge in [-0.2, -0.15) is 0 Å². The number of nitrogens with zero attached hydrogens (tertiary/aromatic N) is 2. The Kier molecular flexibility index (Phi) is 9.43. The second-order valence-electron chi connectivity index (χ2n) is 19.9. The van der Waals surface area contributed by atoms with Crippen LogP contribution in [0.3, 0.4) is 0 Å². The van der Waals surface area contributed by atoms with Crippen molar-refractivity contribution in [2.45, 2.75) is 10.8 Å². The van der Waals surface area contributed by atoms with E-state index < -0.39 is 10.8 Å². The molecule has 0 heterocycles. The predicted octanol–water partition coefficient (Wildman–Crippen LogP) is 18.5. The van der Waals surface area contributed by atoms with Crippen molar-refractivity contribution in [3.63, 3.8) is 0 Å². The molecular formula is C72H48N2. The summed E-state index contributed by atoms with van der Waals surface area (Å²) in [6.07, 6.45) is 0. The van der Waals surface area contributed by atoms with Crippen LogP contribution in [0.25, 0.3) is 44.2 Å². The molecule has 0 fully saturated rings. The minimum Gasteiger partial charge on any atom is -0.310 e. The molecule has 1 unspecified atom stereocenters. The first-order valence-corrected chi connectivity index (χ1v) is 25.8. The maximum absolute atomic E-state index is 2.53. The normalized spacial score (nSPS) is 14.9. The van der Waals surface area contributed by atoms with E-state index in [0.29, 0.717) is 0 Å². The number of para-hydroxylation sites is 3. The molecule has 0 aliphatic heterocycles. The summed E-state index contributed by atoms with van der Waals surface area (Å²) < 4.78 is 0. The lowest BCUT2D eigenvalue weighted by Gasteiger charge is -2.34. The smallest absolute Gasteiger partial charge is 0.0726 e. The summed E-state index contributed by atoms with van der Waals surface area (Å²) in [5, 5.41) is 2.47. The average Bonchev–Trinajstić information content (AvgIpc) is 4.16. The van der Waals surface area contributed by atoms with Gasteiger partial charge in [0, 0.05) is 33.8 Å². The van der Waals surface area contributed by atoms with Crippen LogP contribution in [0.1, 0.15) is 44.5 Å². The second kappa shape index (κ2) is 16.5. The molecule has 15 rings (SSSR count). The van der Waals surface area contributed by atoms with Crippen molar-refractivity contribution < 1.29 is 0 Å². The highest BCUT2D eigenvalue weighted by atomic mass is 15.1. The van der Waals surface area contributed by atoms with E-state index in [2.05, 4.69) is 301 Å². The molecule has 3 aliphatic carbocycles. The van der Waals surface area contributed by atoms with E-state index in [1.165, 1.54) is 88.7 Å². The zero-order valence-electron chi connectivity index (χ0n) is 40.6. The van der Waals surface area contributed by atoms with Crippen LogP contribution in [0.5, 0.6) is 0 Å². The van der Waals surface area contributed by atoms with Crippen molar-refractivity contribution in [2.24, 2.45) is 0 Å². The third-order valence-corrected chi connectivity index (χ3v) is 16.3. The number of rotatable bonds is 8. The lowest BCUT2D eigenvalue weighted by atomic mass is 9.68. The summed E-state index contributed by atoms with van der Waals surface area (Å²) in [6.45, 7) is 0. The van der Waals surface area contributed by atoms with Gasteiger partial charge in [-0.05, 0) is 150 Å². The zero-order chi connectivity index (χ0) is 48.8. The molecule has 1 spiro atoms. The van der Waals surface area contributed by atoms with Crippen LogP contribution in [0, 0.1) is 0 Å². The highest BCUT2D eigenvalue weighted by Crippen LogP contribution is 2.66. The number of hydrogen-bond donors (Lipinski definition) is 0. The van der Waals surface area contributed by atoms with E-state index in [0.717, 1.165) is 34.1 Å². The summed E-state index contributed by atoms with van der Waals surface area (Å²) in [5.74, 6) is 0. The predicted molar refractivity (Wildman–Crippen MR) is 307 cm³/mol. The van der Waals surface area contributed by atoms with Crippen LogP contribution < -0.4 is 9.80 Å². The molecule has 3 aliphatic rings. The van der Waals surface area contributed by atoms with Gasteiger partial charge in [0.25, 0.3) is 0 Å². The second-order valence-corrected chi connectivity index (χ2v) is 19.9. The molecule has 0 N–H and O–H groups in total. The van der Waals surface area contributed by atoms with Gasteiger partial charge in [-0.15, -0.1) is 0 Å². The van der Waals surface area contributed by atoms with Gasteiger partial charge in [0.1, 0.15) is 0 Å². The van der Waals surface area contributed by atoms with Crippen molar-refractivity contribution >= 4 is 44.9 Å². The largest absolute Gasteiger partial charge is 0.310 e. The van der Waals surface area contributed by atoms with E-state index in [1.54, 1.807) is 0 Å². The average molecular weight is 941 g/mol. The van der Waals surface area contributed by atoms with Crippen molar-refractivity contribution in [3.8, 4) is 33.4 Å². The molecular weight excluding hydrogens is 893 g/mol. The van der Waals surface area contributed by atoms with E-state index in [-0.39, 0.29) is 0 Å². The highest BCUT2D eigenvalue weighted by Gasteiger charge is 2.53. The van der Waals surface area contributed by atoms with Gasteiger partial charge in [-0.25, -0.2) is 0 Å². The quantitative estimate of drug-likeness (QED) is 0.150. The molecule has 2 nitrogen and oxygen atoms in total. The lowest BCUT2D eigenvalue weighted by molar-refractivity contribution is 0.768. The molecule has 0 saturated heterocycles. The van der Waals surface area contributed by atoms with E-state index in [1.807, 2.05) is 0 Å². The standard InChI is InChI=1S/C72H48N2/c1-6-24-49(25-7-1)71(50-26-8-2-9-27-50)63-39-21-18-34-56(63)61-46-54(42-44-66(61)71)73(51-28-10-3-11-29-51)55-43-45-67-62(47-55)57-35-19-22-40-64(57)72(67)65-41-23-20-38-60(65)70-59-37-17-16-36-58(59)69(48-68(70)72)74(52-30-12-4-13-31-52)53-32-14-5-15-33-53/h1-48H. The third kappa shape index (κ3) is 5.88. The number of anilines is 6. The molecule has 12 aromatic rings. The van der Waals surface area contributed by atoms with Crippen LogP contribution in [0.4, 0.5) is 34.1 Å². The summed E-state index contributed by atoms with van der Waals surface area (Å²) in [6, 6.07) is 108. The fourth-order valence-corrected chi connectivity index (χ4v) is 13.5. The molecule has 2 heteroatoms. The molecule has 0 radical (unpaired) electrons. The fraction of sp³-hybridized carbons (Fsp3) is 0.0278. The Morgan fingerprint density at radius 2 is 0.581 bits per heavy atom. The maximum Gasteiger partial charge on any atom is 0.0726 e. The van der Waals surface area contributed by atoms with Crippen LogP contribution in [-0.4, -0.2) is 0 Å². The van der Waals surface area contributed by atoms with Crippen molar-refractivity contribution in [1.82, 2.24) is 0 Å². The van der Waals surface area contributed by atoms with Crippen molar-refractivity contribution in [2.75, 3.05) is 9.80 Å². The monoisotopic (exact) mass is 940 g/mol. The first kappa shape index (κ1) is 42.2. The van der Waals surface area contributed by atoms with Crippen molar-refractivity contribution in [3.05, 3.63) is 336 Å². The number of benzene rings is 12. The summed E-state index contributed by atoms with van der Waals surface area (Å²) in [7, 11) is 0. The minimum atomic E-state index is -0.582. The Morgan fingerprint density at radius 3 is 1.09 bits per heavy atom. The van der Waals surface area contributed by atoms with E-state index >= 15 is 0 Å². The molecule has 0 saturated carbocycles. The zero-order valence-corrected chi connectivity index (χ0v) is 40.6. The minimum absolute atomic E-state index is 0.478. The molecule has 74 heavy (non-hydrogen) atoms.